The van der Waals surface area contributed by atoms with Crippen LogP contribution >= 0.6 is 15.9 Å². The number of alkyl halides is 3. The van der Waals surface area contributed by atoms with Gasteiger partial charge >= 0.3 is 6.18 Å². The number of anilines is 1. The molecule has 0 spiro atoms. The van der Waals surface area contributed by atoms with Crippen LogP contribution in [0.25, 0.3) is 0 Å². The normalized spacial score (nSPS) is 18.6. The Kier molecular flexibility index (Phi) is 4.06. The van der Waals surface area contributed by atoms with E-state index in [0.717, 1.165) is 18.9 Å². The number of hydrogen-bond donors (Lipinski definition) is 2. The van der Waals surface area contributed by atoms with Gasteiger partial charge in [-0.15, -0.1) is 0 Å². The van der Waals surface area contributed by atoms with Crippen LogP contribution in [-0.4, -0.2) is 22.2 Å². The fourth-order valence-corrected chi connectivity index (χ4v) is 2.71. The molecule has 2 rings (SSSR count). The Labute approximate surface area is 117 Å². The highest BCUT2D eigenvalue weighted by atomic mass is 79.9. The van der Waals surface area contributed by atoms with E-state index in [4.69, 9.17) is 0 Å². The predicted octanol–water partition coefficient (Wildman–Crippen LogP) is 3.58. The number of nitrogens with zero attached hydrogens (tertiary/aromatic N) is 1. The maximum absolute atomic E-state index is 13.0. The molecule has 0 saturated heterocycles. The SMILES string of the molecule is OCC1(Nc2ncc(Br)cc2C(F)(F)F)CCCC1. The van der Waals surface area contributed by atoms with E-state index in [1.807, 2.05) is 0 Å². The van der Waals surface area contributed by atoms with Gasteiger partial charge in [0.05, 0.1) is 17.7 Å². The second-order valence-electron chi connectivity index (χ2n) is 4.82. The lowest BCUT2D eigenvalue weighted by atomic mass is 9.98. The van der Waals surface area contributed by atoms with Crippen molar-refractivity contribution in [3.63, 3.8) is 0 Å². The number of halogens is 4. The van der Waals surface area contributed by atoms with Gasteiger partial charge in [-0.1, -0.05) is 12.8 Å². The van der Waals surface area contributed by atoms with Crippen LogP contribution in [0, 0.1) is 0 Å². The highest BCUT2D eigenvalue weighted by molar-refractivity contribution is 9.10. The molecule has 0 unspecified atom stereocenters. The molecule has 7 heteroatoms. The standard InChI is InChI=1S/C12H14BrF3N2O/c13-8-5-9(12(14,15)16)10(17-6-8)18-11(7-19)3-1-2-4-11/h5-6,19H,1-4,7H2,(H,17,18). The zero-order valence-electron chi connectivity index (χ0n) is 10.1. The van der Waals surface area contributed by atoms with E-state index in [0.29, 0.717) is 12.8 Å². The van der Waals surface area contributed by atoms with Gasteiger partial charge in [0, 0.05) is 10.7 Å². The molecule has 1 fully saturated rings. The van der Waals surface area contributed by atoms with E-state index in [1.54, 1.807) is 0 Å². The summed E-state index contributed by atoms with van der Waals surface area (Å²) in [6.45, 7) is -0.192. The van der Waals surface area contributed by atoms with Crippen LogP contribution in [0.1, 0.15) is 31.2 Å². The summed E-state index contributed by atoms with van der Waals surface area (Å²) in [5, 5.41) is 12.2. The van der Waals surface area contributed by atoms with Crippen molar-refractivity contribution >= 4 is 21.7 Å². The Hall–Kier alpha value is -0.820. The fourth-order valence-electron chi connectivity index (χ4n) is 2.38. The molecule has 106 valence electrons. The molecule has 1 aromatic heterocycles. The first kappa shape index (κ1) is 14.6. The van der Waals surface area contributed by atoms with Crippen molar-refractivity contribution < 1.29 is 18.3 Å². The Morgan fingerprint density at radius 3 is 2.53 bits per heavy atom. The Bertz CT molecular complexity index is 459. The average Bonchev–Trinajstić information content (AvgIpc) is 2.79. The van der Waals surface area contributed by atoms with Crippen LogP contribution in [0.4, 0.5) is 19.0 Å². The van der Waals surface area contributed by atoms with E-state index >= 15 is 0 Å². The summed E-state index contributed by atoms with van der Waals surface area (Å²) in [5.74, 6) is -0.216. The van der Waals surface area contributed by atoms with Gasteiger partial charge in [-0.25, -0.2) is 4.98 Å². The first-order valence-corrected chi connectivity index (χ1v) is 6.77. The fraction of sp³-hybridized carbons (Fsp3) is 0.583. The zero-order chi connectivity index (χ0) is 14.1. The largest absolute Gasteiger partial charge is 0.419 e. The van der Waals surface area contributed by atoms with E-state index in [9.17, 15) is 18.3 Å². The third-order valence-corrected chi connectivity index (χ3v) is 3.84. The number of aliphatic hydroxyl groups excluding tert-OH is 1. The quantitative estimate of drug-likeness (QED) is 0.885. The summed E-state index contributed by atoms with van der Waals surface area (Å²) in [4.78, 5) is 3.81. The van der Waals surface area contributed by atoms with Gasteiger partial charge in [0.2, 0.25) is 0 Å². The van der Waals surface area contributed by atoms with Gasteiger partial charge in [-0.05, 0) is 34.8 Å². The van der Waals surface area contributed by atoms with Gasteiger partial charge < -0.3 is 10.4 Å². The van der Waals surface area contributed by atoms with Gasteiger partial charge in [-0.2, -0.15) is 13.2 Å². The minimum atomic E-state index is -4.48. The molecule has 0 aromatic carbocycles. The molecule has 0 amide bonds. The predicted molar refractivity (Wildman–Crippen MR) is 68.8 cm³/mol. The van der Waals surface area contributed by atoms with Crippen LogP contribution in [0.2, 0.25) is 0 Å². The Morgan fingerprint density at radius 2 is 2.00 bits per heavy atom. The van der Waals surface area contributed by atoms with Crippen molar-refractivity contribution in [1.29, 1.82) is 0 Å². The molecule has 0 atom stereocenters. The van der Waals surface area contributed by atoms with Gasteiger partial charge in [-0.3, -0.25) is 0 Å². The van der Waals surface area contributed by atoms with Crippen molar-refractivity contribution in [2.75, 3.05) is 11.9 Å². The molecule has 1 aliphatic rings. The minimum absolute atomic E-state index is 0.192. The molecule has 3 nitrogen and oxygen atoms in total. The van der Waals surface area contributed by atoms with E-state index in [1.165, 1.54) is 6.20 Å². The van der Waals surface area contributed by atoms with Crippen LogP contribution < -0.4 is 5.32 Å². The second kappa shape index (κ2) is 5.28. The molecular weight excluding hydrogens is 325 g/mol. The highest BCUT2D eigenvalue weighted by Gasteiger charge is 2.39. The molecule has 1 aromatic rings. The van der Waals surface area contributed by atoms with Crippen LogP contribution in [0.5, 0.6) is 0 Å². The molecular formula is C12H14BrF3N2O. The van der Waals surface area contributed by atoms with Crippen molar-refractivity contribution in [3.8, 4) is 0 Å². The summed E-state index contributed by atoms with van der Waals surface area (Å²) < 4.78 is 39.2. The third kappa shape index (κ3) is 3.20. The number of hydrogen-bond acceptors (Lipinski definition) is 3. The Balaban J connectivity index is 2.34. The van der Waals surface area contributed by atoms with E-state index in [2.05, 4.69) is 26.2 Å². The summed E-state index contributed by atoms with van der Waals surface area (Å²) in [6.07, 6.45) is -0.0695. The zero-order valence-corrected chi connectivity index (χ0v) is 11.7. The molecule has 0 bridgehead atoms. The van der Waals surface area contributed by atoms with Crippen LogP contribution in [-0.2, 0) is 6.18 Å². The lowest BCUT2D eigenvalue weighted by molar-refractivity contribution is -0.137. The second-order valence-corrected chi connectivity index (χ2v) is 5.73. The summed E-state index contributed by atoms with van der Waals surface area (Å²) in [5.41, 5.74) is -1.50. The minimum Gasteiger partial charge on any atom is -0.394 e. The molecule has 1 aliphatic carbocycles. The van der Waals surface area contributed by atoms with Gasteiger partial charge in [0.15, 0.2) is 0 Å². The number of pyridine rings is 1. The summed E-state index contributed by atoms with van der Waals surface area (Å²) >= 11 is 2.99. The molecule has 0 aliphatic heterocycles. The number of rotatable bonds is 3. The number of aromatic nitrogens is 1. The summed E-state index contributed by atoms with van der Waals surface area (Å²) in [6, 6.07) is 0.995. The van der Waals surface area contributed by atoms with Crippen molar-refractivity contribution in [1.82, 2.24) is 4.98 Å². The van der Waals surface area contributed by atoms with Gasteiger partial charge in [0.1, 0.15) is 5.82 Å². The maximum Gasteiger partial charge on any atom is 0.419 e. The van der Waals surface area contributed by atoms with Gasteiger partial charge in [0.25, 0.3) is 0 Å². The first-order valence-electron chi connectivity index (χ1n) is 5.98. The van der Waals surface area contributed by atoms with E-state index in [-0.39, 0.29) is 16.9 Å². The average molecular weight is 339 g/mol. The van der Waals surface area contributed by atoms with Crippen molar-refractivity contribution in [2.24, 2.45) is 0 Å². The van der Waals surface area contributed by atoms with Crippen molar-refractivity contribution in [2.45, 2.75) is 37.4 Å². The number of nitrogens with one attached hydrogen (secondary N) is 1. The molecule has 1 saturated carbocycles. The monoisotopic (exact) mass is 338 g/mol. The van der Waals surface area contributed by atoms with Crippen molar-refractivity contribution in [3.05, 3.63) is 22.3 Å². The Morgan fingerprint density at radius 1 is 1.37 bits per heavy atom. The summed E-state index contributed by atoms with van der Waals surface area (Å²) in [7, 11) is 0. The van der Waals surface area contributed by atoms with Crippen LogP contribution in [0.15, 0.2) is 16.7 Å². The lowest BCUT2D eigenvalue weighted by Gasteiger charge is -2.30. The molecule has 2 N–H and O–H groups in total. The first-order chi connectivity index (χ1) is 8.86. The third-order valence-electron chi connectivity index (χ3n) is 3.41. The lowest BCUT2D eigenvalue weighted by Crippen LogP contribution is -2.40. The maximum atomic E-state index is 13.0. The highest BCUT2D eigenvalue weighted by Crippen LogP contribution is 2.39. The topological polar surface area (TPSA) is 45.1 Å². The molecule has 0 radical (unpaired) electrons. The smallest absolute Gasteiger partial charge is 0.394 e. The van der Waals surface area contributed by atoms with Crippen LogP contribution in [0.3, 0.4) is 0 Å². The van der Waals surface area contributed by atoms with E-state index < -0.39 is 17.3 Å². The molecule has 19 heavy (non-hydrogen) atoms. The number of aliphatic hydroxyl groups is 1. The molecule has 1 heterocycles.